The van der Waals surface area contributed by atoms with Crippen molar-refractivity contribution in [1.82, 2.24) is 9.97 Å². The van der Waals surface area contributed by atoms with Crippen LogP contribution < -0.4 is 5.32 Å². The summed E-state index contributed by atoms with van der Waals surface area (Å²) in [6.45, 7) is 0.572. The lowest BCUT2D eigenvalue weighted by molar-refractivity contribution is -0.142. The highest BCUT2D eigenvalue weighted by atomic mass is 32.1. The average Bonchev–Trinajstić information content (AvgIpc) is 3.17. The third kappa shape index (κ3) is 4.15. The van der Waals surface area contributed by atoms with Gasteiger partial charge in [-0.25, -0.2) is 14.4 Å². The van der Waals surface area contributed by atoms with Crippen molar-refractivity contribution >= 4 is 33.3 Å². The van der Waals surface area contributed by atoms with Gasteiger partial charge in [-0.2, -0.15) is 0 Å². The molecule has 7 heteroatoms. The second-order valence-electron chi connectivity index (χ2n) is 8.69. The summed E-state index contributed by atoms with van der Waals surface area (Å²) in [4.78, 5) is 23.7. The number of carbonyl (C=O) groups is 1. The van der Waals surface area contributed by atoms with E-state index >= 15 is 0 Å². The van der Waals surface area contributed by atoms with Crippen molar-refractivity contribution in [1.29, 1.82) is 0 Å². The van der Waals surface area contributed by atoms with E-state index in [4.69, 9.17) is 9.97 Å². The molecule has 31 heavy (non-hydrogen) atoms. The number of aliphatic carboxylic acids is 1. The molecular formula is C24H26FN3O2S. The number of carboxylic acid groups (broad SMARTS) is 1. The summed E-state index contributed by atoms with van der Waals surface area (Å²) < 4.78 is 13.3. The third-order valence-electron chi connectivity index (χ3n) is 6.65. The van der Waals surface area contributed by atoms with Crippen LogP contribution in [-0.2, 0) is 24.2 Å². The molecule has 3 aromatic rings. The molecule has 0 aliphatic heterocycles. The predicted molar refractivity (Wildman–Crippen MR) is 120 cm³/mol. The zero-order chi connectivity index (χ0) is 21.4. The summed E-state index contributed by atoms with van der Waals surface area (Å²) >= 11 is 1.79. The molecule has 0 amide bonds. The van der Waals surface area contributed by atoms with Gasteiger partial charge in [0.15, 0.2) is 0 Å². The minimum absolute atomic E-state index is 0.200. The van der Waals surface area contributed by atoms with E-state index < -0.39 is 5.97 Å². The van der Waals surface area contributed by atoms with Gasteiger partial charge in [0.05, 0.1) is 11.3 Å². The molecule has 0 spiro atoms. The second kappa shape index (κ2) is 8.54. The fourth-order valence-corrected chi connectivity index (χ4v) is 6.14. The number of hydrogen-bond donors (Lipinski definition) is 2. The number of aryl methyl sites for hydroxylation is 2. The number of benzene rings is 1. The number of thiophene rings is 1. The van der Waals surface area contributed by atoms with Crippen LogP contribution in [-0.4, -0.2) is 21.0 Å². The molecule has 2 N–H and O–H groups in total. The van der Waals surface area contributed by atoms with E-state index in [1.807, 2.05) is 0 Å². The molecular weight excluding hydrogens is 413 g/mol. The van der Waals surface area contributed by atoms with Crippen LogP contribution in [0, 0.1) is 11.7 Å². The Bertz CT molecular complexity index is 1100. The molecule has 0 unspecified atom stereocenters. The standard InChI is InChI=1S/C24H26FN3O2S/c25-17-11-5-14(6-12-17)13-26-22-20-18-3-1-2-4-19(18)31-23(20)28-21(27-22)15-7-9-16(10-8-15)24(29)30/h5-6,11-12,15-16H,1-4,7-10,13H2,(H,29,30)(H,26,27,28). The minimum Gasteiger partial charge on any atom is -0.481 e. The number of anilines is 1. The first-order chi connectivity index (χ1) is 15.1. The molecule has 0 bridgehead atoms. The zero-order valence-corrected chi connectivity index (χ0v) is 18.2. The van der Waals surface area contributed by atoms with Crippen molar-refractivity contribution < 1.29 is 14.3 Å². The van der Waals surface area contributed by atoms with Crippen LogP contribution in [0.1, 0.15) is 66.3 Å². The number of fused-ring (bicyclic) bond motifs is 3. The van der Waals surface area contributed by atoms with Gasteiger partial charge in [0.1, 0.15) is 22.3 Å². The Morgan fingerprint density at radius 3 is 2.58 bits per heavy atom. The average molecular weight is 440 g/mol. The van der Waals surface area contributed by atoms with E-state index in [0.717, 1.165) is 53.1 Å². The summed E-state index contributed by atoms with van der Waals surface area (Å²) in [7, 11) is 0. The van der Waals surface area contributed by atoms with Crippen LogP contribution in [0.25, 0.3) is 10.2 Å². The van der Waals surface area contributed by atoms with E-state index in [2.05, 4.69) is 5.32 Å². The zero-order valence-electron chi connectivity index (χ0n) is 17.4. The Balaban J connectivity index is 1.48. The van der Waals surface area contributed by atoms with Gasteiger partial charge in [0.2, 0.25) is 0 Å². The highest BCUT2D eigenvalue weighted by molar-refractivity contribution is 7.19. The Labute approximate surface area is 184 Å². The molecule has 5 rings (SSSR count). The van der Waals surface area contributed by atoms with Gasteiger partial charge in [-0.1, -0.05) is 12.1 Å². The van der Waals surface area contributed by atoms with Crippen LogP contribution in [0.3, 0.4) is 0 Å². The van der Waals surface area contributed by atoms with E-state index in [0.29, 0.717) is 19.4 Å². The lowest BCUT2D eigenvalue weighted by Crippen LogP contribution is -2.21. The topological polar surface area (TPSA) is 75.1 Å². The van der Waals surface area contributed by atoms with Crippen LogP contribution in [0.15, 0.2) is 24.3 Å². The monoisotopic (exact) mass is 439 g/mol. The summed E-state index contributed by atoms with van der Waals surface area (Å²) in [5.74, 6) is 0.720. The molecule has 2 heterocycles. The molecule has 5 nitrogen and oxygen atoms in total. The number of hydrogen-bond acceptors (Lipinski definition) is 5. The Hall–Kier alpha value is -2.54. The smallest absolute Gasteiger partial charge is 0.306 e. The van der Waals surface area contributed by atoms with Gasteiger partial charge in [-0.15, -0.1) is 11.3 Å². The van der Waals surface area contributed by atoms with Gasteiger partial charge in [0, 0.05) is 17.3 Å². The third-order valence-corrected chi connectivity index (χ3v) is 7.83. The number of nitrogens with one attached hydrogen (secondary N) is 1. The Morgan fingerprint density at radius 2 is 1.84 bits per heavy atom. The van der Waals surface area contributed by atoms with Crippen molar-refractivity contribution in [3.63, 3.8) is 0 Å². The summed E-state index contributed by atoms with van der Waals surface area (Å²) in [5, 5.41) is 14.0. The lowest BCUT2D eigenvalue weighted by atomic mass is 9.81. The van der Waals surface area contributed by atoms with Crippen molar-refractivity contribution in [2.24, 2.45) is 5.92 Å². The molecule has 1 aromatic carbocycles. The number of aromatic nitrogens is 2. The van der Waals surface area contributed by atoms with Gasteiger partial charge < -0.3 is 10.4 Å². The van der Waals surface area contributed by atoms with Crippen molar-refractivity contribution in [2.75, 3.05) is 5.32 Å². The van der Waals surface area contributed by atoms with Gasteiger partial charge >= 0.3 is 5.97 Å². The first kappa shape index (κ1) is 20.4. The minimum atomic E-state index is -0.692. The predicted octanol–water partition coefficient (Wildman–Crippen LogP) is 5.68. The highest BCUT2D eigenvalue weighted by Gasteiger charge is 2.30. The molecule has 2 aromatic heterocycles. The van der Waals surface area contributed by atoms with E-state index in [-0.39, 0.29) is 17.7 Å². The summed E-state index contributed by atoms with van der Waals surface area (Å²) in [5.41, 5.74) is 2.38. The van der Waals surface area contributed by atoms with Crippen LogP contribution >= 0.6 is 11.3 Å². The Morgan fingerprint density at radius 1 is 1.10 bits per heavy atom. The van der Waals surface area contributed by atoms with E-state index in [9.17, 15) is 14.3 Å². The number of nitrogens with zero attached hydrogens (tertiary/aromatic N) is 2. The molecule has 0 atom stereocenters. The fraction of sp³-hybridized carbons (Fsp3) is 0.458. The first-order valence-corrected chi connectivity index (χ1v) is 11.9. The SMILES string of the molecule is O=C(O)C1CCC(c2nc(NCc3ccc(F)cc3)c3c4c(sc3n2)CCCC4)CC1. The maximum atomic E-state index is 13.3. The fourth-order valence-electron chi connectivity index (χ4n) is 4.87. The molecule has 162 valence electrons. The van der Waals surface area contributed by atoms with Crippen molar-refractivity contribution in [2.45, 2.75) is 63.8 Å². The quantitative estimate of drug-likeness (QED) is 0.535. The Kier molecular flexibility index (Phi) is 5.61. The lowest BCUT2D eigenvalue weighted by Gasteiger charge is -2.25. The van der Waals surface area contributed by atoms with Gasteiger partial charge in [-0.3, -0.25) is 4.79 Å². The molecule has 2 aliphatic rings. The first-order valence-electron chi connectivity index (χ1n) is 11.1. The van der Waals surface area contributed by atoms with E-state index in [1.54, 1.807) is 23.5 Å². The van der Waals surface area contributed by atoms with Crippen LogP contribution in [0.2, 0.25) is 0 Å². The van der Waals surface area contributed by atoms with Gasteiger partial charge in [-0.05, 0) is 74.6 Å². The van der Waals surface area contributed by atoms with Gasteiger partial charge in [0.25, 0.3) is 0 Å². The summed E-state index contributed by atoms with van der Waals surface area (Å²) in [6.07, 6.45) is 7.56. The molecule has 0 saturated heterocycles. The maximum Gasteiger partial charge on any atom is 0.306 e. The number of rotatable bonds is 5. The number of carboxylic acids is 1. The molecule has 1 saturated carbocycles. The highest BCUT2D eigenvalue weighted by Crippen LogP contribution is 2.41. The molecule has 1 fully saturated rings. The normalized spacial score (nSPS) is 21.1. The summed E-state index contributed by atoms with van der Waals surface area (Å²) in [6, 6.07) is 6.53. The largest absolute Gasteiger partial charge is 0.481 e. The van der Waals surface area contributed by atoms with E-state index in [1.165, 1.54) is 35.4 Å². The van der Waals surface area contributed by atoms with Crippen LogP contribution in [0.4, 0.5) is 10.2 Å². The maximum absolute atomic E-state index is 13.3. The second-order valence-corrected chi connectivity index (χ2v) is 9.77. The van der Waals surface area contributed by atoms with Crippen molar-refractivity contribution in [3.8, 4) is 0 Å². The molecule has 0 radical (unpaired) electrons. The van der Waals surface area contributed by atoms with Crippen molar-refractivity contribution in [3.05, 3.63) is 51.9 Å². The van der Waals surface area contributed by atoms with Crippen LogP contribution in [0.5, 0.6) is 0 Å². The number of halogens is 1. The molecule has 2 aliphatic carbocycles.